The zero-order valence-electron chi connectivity index (χ0n) is 11.2. The Balaban J connectivity index is 0.00000324. The second-order valence-corrected chi connectivity index (χ2v) is 6.10. The van der Waals surface area contributed by atoms with Crippen molar-refractivity contribution in [1.82, 2.24) is 10.6 Å². The lowest BCUT2D eigenvalue weighted by Gasteiger charge is -2.08. The predicted octanol–water partition coefficient (Wildman–Crippen LogP) is 0.770. The first-order valence-corrected chi connectivity index (χ1v) is 7.49. The Morgan fingerprint density at radius 2 is 1.89 bits per heavy atom. The highest BCUT2D eigenvalue weighted by Gasteiger charge is 2.14. The molecule has 0 aliphatic rings. The largest absolute Gasteiger partial charge is 0.351 e. The van der Waals surface area contributed by atoms with Crippen molar-refractivity contribution in [2.45, 2.75) is 11.8 Å². The number of sulfone groups is 1. The van der Waals surface area contributed by atoms with Crippen molar-refractivity contribution in [3.63, 3.8) is 0 Å². The highest BCUT2D eigenvalue weighted by Crippen LogP contribution is 2.16. The van der Waals surface area contributed by atoms with Crippen molar-refractivity contribution >= 4 is 28.2 Å². The van der Waals surface area contributed by atoms with E-state index in [0.717, 1.165) is 6.26 Å². The van der Waals surface area contributed by atoms with Crippen molar-refractivity contribution in [1.29, 1.82) is 0 Å². The topological polar surface area (TPSA) is 75.3 Å². The Morgan fingerprint density at radius 3 is 2.42 bits per heavy atom. The first-order chi connectivity index (χ1) is 8.36. The number of likely N-dealkylation sites (N-methyl/N-ethyl adjacent to an activating group) is 1. The fraction of sp³-hybridized carbons (Fsp3) is 0.417. The van der Waals surface area contributed by atoms with Gasteiger partial charge in [-0.25, -0.2) is 8.42 Å². The summed E-state index contributed by atoms with van der Waals surface area (Å²) in [5.41, 5.74) is 1.00. The smallest absolute Gasteiger partial charge is 0.251 e. The molecule has 0 spiro atoms. The van der Waals surface area contributed by atoms with E-state index in [0.29, 0.717) is 24.2 Å². The Kier molecular flexibility index (Phi) is 7.04. The van der Waals surface area contributed by atoms with Crippen molar-refractivity contribution < 1.29 is 13.2 Å². The quantitative estimate of drug-likeness (QED) is 0.788. The van der Waals surface area contributed by atoms with Crippen molar-refractivity contribution in [2.75, 3.05) is 26.4 Å². The average Bonchev–Trinajstić information content (AvgIpc) is 2.28. The summed E-state index contributed by atoms with van der Waals surface area (Å²) >= 11 is 0. The molecule has 0 aliphatic heterocycles. The second kappa shape index (κ2) is 7.47. The van der Waals surface area contributed by atoms with E-state index in [-0.39, 0.29) is 23.2 Å². The number of nitrogens with one attached hydrogen (secondary N) is 2. The summed E-state index contributed by atoms with van der Waals surface area (Å²) in [6, 6.07) is 4.68. The number of amides is 1. The van der Waals surface area contributed by atoms with Gasteiger partial charge in [0.1, 0.15) is 0 Å². The summed E-state index contributed by atoms with van der Waals surface area (Å²) < 4.78 is 23.1. The lowest BCUT2D eigenvalue weighted by atomic mass is 10.1. The Labute approximate surface area is 120 Å². The molecule has 1 aromatic rings. The molecule has 7 heteroatoms. The molecule has 0 atom stereocenters. The molecule has 19 heavy (non-hydrogen) atoms. The van der Waals surface area contributed by atoms with Crippen LogP contribution in [-0.4, -0.2) is 40.7 Å². The fourth-order valence-electron chi connectivity index (χ4n) is 1.54. The van der Waals surface area contributed by atoms with Gasteiger partial charge in [-0.15, -0.1) is 12.4 Å². The molecule has 0 bridgehead atoms. The van der Waals surface area contributed by atoms with Crippen LogP contribution in [0.4, 0.5) is 0 Å². The second-order valence-electron chi connectivity index (χ2n) is 4.11. The molecule has 0 fully saturated rings. The number of hydrogen-bond acceptors (Lipinski definition) is 4. The molecule has 0 unspecified atom stereocenters. The zero-order chi connectivity index (χ0) is 13.8. The van der Waals surface area contributed by atoms with E-state index in [2.05, 4.69) is 10.6 Å². The first-order valence-electron chi connectivity index (χ1n) is 5.59. The molecule has 0 heterocycles. The predicted molar refractivity (Wildman–Crippen MR) is 77.8 cm³/mol. The fourth-order valence-corrected chi connectivity index (χ4v) is 2.54. The molecule has 0 saturated heterocycles. The van der Waals surface area contributed by atoms with Gasteiger partial charge in [-0.05, 0) is 31.7 Å². The van der Waals surface area contributed by atoms with E-state index in [9.17, 15) is 13.2 Å². The van der Waals surface area contributed by atoms with Crippen molar-refractivity contribution in [2.24, 2.45) is 0 Å². The van der Waals surface area contributed by atoms with Crippen LogP contribution in [0.5, 0.6) is 0 Å². The van der Waals surface area contributed by atoms with Crippen LogP contribution in [0.15, 0.2) is 23.1 Å². The number of hydrogen-bond donors (Lipinski definition) is 2. The number of rotatable bonds is 5. The normalized spacial score (nSPS) is 10.7. The standard InChI is InChI=1S/C12H18N2O3S.ClH/c1-9-4-5-10(8-11(9)18(3,16)17)12(15)14-7-6-13-2;/h4-5,8,13H,6-7H2,1-3H3,(H,14,15);1H. The molecule has 0 aromatic heterocycles. The van der Waals surface area contributed by atoms with Gasteiger partial charge in [0.15, 0.2) is 9.84 Å². The molecule has 1 rings (SSSR count). The molecular weight excluding hydrogens is 288 g/mol. The molecule has 2 N–H and O–H groups in total. The van der Waals surface area contributed by atoms with Gasteiger partial charge < -0.3 is 10.6 Å². The molecule has 1 aromatic carbocycles. The van der Waals surface area contributed by atoms with Gasteiger partial charge >= 0.3 is 0 Å². The highest BCUT2D eigenvalue weighted by molar-refractivity contribution is 7.90. The monoisotopic (exact) mass is 306 g/mol. The van der Waals surface area contributed by atoms with Crippen LogP contribution in [0.25, 0.3) is 0 Å². The number of halogens is 1. The highest BCUT2D eigenvalue weighted by atomic mass is 35.5. The van der Waals surface area contributed by atoms with Crippen molar-refractivity contribution in [3.8, 4) is 0 Å². The van der Waals surface area contributed by atoms with Crippen LogP contribution in [0.3, 0.4) is 0 Å². The Bertz CT molecular complexity index is 544. The third kappa shape index (κ3) is 5.18. The Hall–Kier alpha value is -1.11. The minimum atomic E-state index is -3.31. The summed E-state index contributed by atoms with van der Waals surface area (Å²) in [7, 11) is -1.52. The summed E-state index contributed by atoms with van der Waals surface area (Å²) in [5, 5.41) is 5.61. The summed E-state index contributed by atoms with van der Waals surface area (Å²) in [4.78, 5) is 12.0. The van der Waals surface area contributed by atoms with E-state index in [1.165, 1.54) is 6.07 Å². The molecule has 1 amide bonds. The SMILES string of the molecule is CNCCNC(=O)c1ccc(C)c(S(C)(=O)=O)c1.Cl. The Morgan fingerprint density at radius 1 is 1.26 bits per heavy atom. The van der Waals surface area contributed by atoms with Crippen LogP contribution in [0.1, 0.15) is 15.9 Å². The van der Waals surface area contributed by atoms with Gasteiger partial charge in [0.25, 0.3) is 5.91 Å². The maximum absolute atomic E-state index is 11.8. The summed E-state index contributed by atoms with van der Waals surface area (Å²) in [5.74, 6) is -0.268. The molecule has 0 saturated carbocycles. The van der Waals surface area contributed by atoms with E-state index in [1.807, 2.05) is 0 Å². The number of carbonyl (C=O) groups is 1. The minimum Gasteiger partial charge on any atom is -0.351 e. The van der Waals surface area contributed by atoms with Gasteiger partial charge in [0, 0.05) is 24.9 Å². The van der Waals surface area contributed by atoms with E-state index in [4.69, 9.17) is 0 Å². The number of benzene rings is 1. The van der Waals surface area contributed by atoms with Crippen LogP contribution in [0.2, 0.25) is 0 Å². The maximum Gasteiger partial charge on any atom is 0.251 e. The third-order valence-electron chi connectivity index (χ3n) is 2.51. The van der Waals surface area contributed by atoms with E-state index in [1.54, 1.807) is 26.1 Å². The summed E-state index contributed by atoms with van der Waals surface area (Å²) in [6.07, 6.45) is 1.14. The van der Waals surface area contributed by atoms with Crippen molar-refractivity contribution in [3.05, 3.63) is 29.3 Å². The van der Waals surface area contributed by atoms with E-state index >= 15 is 0 Å². The van der Waals surface area contributed by atoms with Gasteiger partial charge in [-0.1, -0.05) is 6.07 Å². The average molecular weight is 307 g/mol. The van der Waals surface area contributed by atoms with Crippen LogP contribution >= 0.6 is 12.4 Å². The first kappa shape index (κ1) is 17.9. The molecule has 0 aliphatic carbocycles. The third-order valence-corrected chi connectivity index (χ3v) is 3.75. The van der Waals surface area contributed by atoms with Crippen LogP contribution in [0, 0.1) is 6.92 Å². The lowest BCUT2D eigenvalue weighted by molar-refractivity contribution is 0.0954. The lowest BCUT2D eigenvalue weighted by Crippen LogP contribution is -2.30. The van der Waals surface area contributed by atoms with Gasteiger partial charge in [0.2, 0.25) is 0 Å². The molecule has 0 radical (unpaired) electrons. The van der Waals surface area contributed by atoms with Crippen LogP contribution < -0.4 is 10.6 Å². The molecule has 5 nitrogen and oxygen atoms in total. The minimum absolute atomic E-state index is 0. The zero-order valence-corrected chi connectivity index (χ0v) is 12.8. The van der Waals surface area contributed by atoms with Gasteiger partial charge in [-0.3, -0.25) is 4.79 Å². The summed E-state index contributed by atoms with van der Waals surface area (Å²) in [6.45, 7) is 2.87. The van der Waals surface area contributed by atoms with Crippen LogP contribution in [-0.2, 0) is 9.84 Å². The molecule has 108 valence electrons. The number of aryl methyl sites for hydroxylation is 1. The molecular formula is C12H19ClN2O3S. The van der Waals surface area contributed by atoms with E-state index < -0.39 is 9.84 Å². The number of carbonyl (C=O) groups excluding carboxylic acids is 1. The maximum atomic E-state index is 11.8. The van der Waals surface area contributed by atoms with Gasteiger partial charge in [-0.2, -0.15) is 0 Å². The van der Waals surface area contributed by atoms with Gasteiger partial charge in [0.05, 0.1) is 4.90 Å².